The van der Waals surface area contributed by atoms with Crippen molar-refractivity contribution in [2.24, 2.45) is 0 Å². The highest BCUT2D eigenvalue weighted by Gasteiger charge is 2.71. The molecular weight excluding hydrogens is 694 g/mol. The number of carbonyl (C=O) groups is 1. The smallest absolute Gasteiger partial charge is 0.430 e. The first-order valence-corrected chi connectivity index (χ1v) is 20.0. The van der Waals surface area contributed by atoms with Gasteiger partial charge in [-0.1, -0.05) is 71.0 Å². The second kappa shape index (κ2) is 17.3. The highest BCUT2D eigenvalue weighted by atomic mass is 28.4. The minimum Gasteiger partial charge on any atom is -0.491 e. The van der Waals surface area contributed by atoms with E-state index in [1.165, 1.54) is 6.07 Å². The lowest BCUT2D eigenvalue weighted by molar-refractivity contribution is -0.372. The van der Waals surface area contributed by atoms with E-state index in [4.69, 9.17) is 13.9 Å². The molecule has 0 aliphatic carbocycles. The first-order chi connectivity index (χ1) is 23.4. The van der Waals surface area contributed by atoms with Crippen LogP contribution in [0.5, 0.6) is 5.75 Å². The van der Waals surface area contributed by atoms with Crippen molar-refractivity contribution in [1.29, 1.82) is 0 Å². The molecule has 2 aromatic rings. The molecule has 0 aromatic heterocycles. The number of hydrogen-bond donors (Lipinski definition) is 0. The van der Waals surface area contributed by atoms with Crippen LogP contribution in [0, 0.1) is 13.8 Å². The van der Waals surface area contributed by atoms with E-state index in [2.05, 4.69) is 43.3 Å². The third-order valence-electron chi connectivity index (χ3n) is 9.89. The van der Waals surface area contributed by atoms with Crippen LogP contribution < -0.4 is 4.74 Å². The van der Waals surface area contributed by atoms with E-state index in [-0.39, 0.29) is 42.3 Å². The number of rotatable bonds is 17. The van der Waals surface area contributed by atoms with Crippen molar-refractivity contribution < 1.29 is 54.5 Å². The molecule has 0 N–H and O–H groups in total. The molecule has 2 aromatic carbocycles. The molecule has 0 bridgehead atoms. The summed E-state index contributed by atoms with van der Waals surface area (Å²) in [6, 6.07) is 10.9. The van der Waals surface area contributed by atoms with Crippen molar-refractivity contribution in [3.63, 3.8) is 0 Å². The van der Waals surface area contributed by atoms with Gasteiger partial charge in [-0.15, -0.1) is 0 Å². The molecule has 288 valence electrons. The highest BCUT2D eigenvalue weighted by Crippen LogP contribution is 2.48. The number of benzene rings is 2. The number of aryl methyl sites for hydroxylation is 2. The van der Waals surface area contributed by atoms with Crippen molar-refractivity contribution in [1.82, 2.24) is 0 Å². The standard InChI is InChI=1S/C38H54F6O6Si/c1-12-35(13-2,29-16-15-28(26(4)21-29)19-20-36(37(39,40)41,38(42,43)44)49-25-46-9)30-17-18-32(27(5)22-30)48-24-31(23-33(45)47-14-3)50-51(10,11)34(6,7)8/h15-22,31H,12-14,23-25H2,1-11H3/b20-19+/t31-/m1/s1. The van der Waals surface area contributed by atoms with E-state index < -0.39 is 44.6 Å². The fraction of sp³-hybridized carbons (Fsp3) is 0.605. The molecule has 0 aliphatic heterocycles. The van der Waals surface area contributed by atoms with Gasteiger partial charge in [-0.3, -0.25) is 4.79 Å². The fourth-order valence-electron chi connectivity index (χ4n) is 5.74. The van der Waals surface area contributed by atoms with Gasteiger partial charge in [0.15, 0.2) is 8.32 Å². The van der Waals surface area contributed by atoms with Gasteiger partial charge in [0.05, 0.1) is 19.1 Å². The lowest BCUT2D eigenvalue weighted by Gasteiger charge is -2.39. The molecule has 1 atom stereocenters. The van der Waals surface area contributed by atoms with Gasteiger partial charge in [-0.05, 0) is 91.7 Å². The molecule has 0 radical (unpaired) electrons. The van der Waals surface area contributed by atoms with Crippen LogP contribution in [0.4, 0.5) is 26.3 Å². The van der Waals surface area contributed by atoms with Gasteiger partial charge in [0.2, 0.25) is 0 Å². The summed E-state index contributed by atoms with van der Waals surface area (Å²) in [5, 5.41) is -0.0802. The Morgan fingerprint density at radius 1 is 0.863 bits per heavy atom. The molecule has 0 heterocycles. The number of methoxy groups -OCH3 is 1. The summed E-state index contributed by atoms with van der Waals surface area (Å²) in [7, 11) is -1.30. The van der Waals surface area contributed by atoms with Crippen LogP contribution in [0.3, 0.4) is 0 Å². The summed E-state index contributed by atoms with van der Waals surface area (Å²) in [5.41, 5.74) is -1.71. The van der Waals surface area contributed by atoms with E-state index in [1.54, 1.807) is 26.0 Å². The summed E-state index contributed by atoms with van der Waals surface area (Å²) in [5.74, 6) is 0.265. The van der Waals surface area contributed by atoms with Crippen LogP contribution in [0.15, 0.2) is 42.5 Å². The van der Waals surface area contributed by atoms with Gasteiger partial charge < -0.3 is 23.4 Å². The normalized spacial score (nSPS) is 14.2. The summed E-state index contributed by atoms with van der Waals surface area (Å²) >= 11 is 0. The minimum atomic E-state index is -5.79. The number of carbonyl (C=O) groups excluding carboxylic acids is 1. The van der Waals surface area contributed by atoms with Crippen LogP contribution >= 0.6 is 0 Å². The van der Waals surface area contributed by atoms with Crippen molar-refractivity contribution in [3.8, 4) is 5.75 Å². The van der Waals surface area contributed by atoms with E-state index >= 15 is 0 Å². The third-order valence-corrected chi connectivity index (χ3v) is 14.4. The van der Waals surface area contributed by atoms with Crippen molar-refractivity contribution in [3.05, 3.63) is 70.3 Å². The second-order valence-electron chi connectivity index (χ2n) is 14.3. The maximum Gasteiger partial charge on any atom is 0.430 e. The number of esters is 1. The molecule has 0 saturated carbocycles. The largest absolute Gasteiger partial charge is 0.491 e. The Hall–Kier alpha value is -2.87. The lowest BCUT2D eigenvalue weighted by atomic mass is 9.70. The zero-order valence-corrected chi connectivity index (χ0v) is 32.7. The zero-order chi connectivity index (χ0) is 39.1. The van der Waals surface area contributed by atoms with Gasteiger partial charge in [0.25, 0.3) is 5.60 Å². The molecule has 0 saturated heterocycles. The Morgan fingerprint density at radius 2 is 1.41 bits per heavy atom. The fourth-order valence-corrected chi connectivity index (χ4v) is 7.08. The molecule has 6 nitrogen and oxygen atoms in total. The predicted molar refractivity (Wildman–Crippen MR) is 189 cm³/mol. The molecule has 0 amide bonds. The maximum atomic E-state index is 13.8. The van der Waals surface area contributed by atoms with Crippen LogP contribution in [0.1, 0.15) is 88.6 Å². The van der Waals surface area contributed by atoms with Gasteiger partial charge in [-0.25, -0.2) is 0 Å². The van der Waals surface area contributed by atoms with Crippen LogP contribution in [0.25, 0.3) is 6.08 Å². The first kappa shape index (κ1) is 44.3. The van der Waals surface area contributed by atoms with E-state index in [9.17, 15) is 31.1 Å². The Morgan fingerprint density at radius 3 is 1.86 bits per heavy atom. The summed E-state index contributed by atoms with van der Waals surface area (Å²) in [6.07, 6.45) is -9.92. The SMILES string of the molecule is CCOC(=O)C[C@H](COc1ccc(C(CC)(CC)c2ccc(/C=C/C(OCOC)(C(F)(F)F)C(F)(F)F)c(C)c2)cc1C)O[Si](C)(C)C(C)(C)C. The quantitative estimate of drug-likeness (QED) is 0.0695. The van der Waals surface area contributed by atoms with Gasteiger partial charge >= 0.3 is 18.3 Å². The van der Waals surface area contributed by atoms with E-state index in [0.717, 1.165) is 29.9 Å². The van der Waals surface area contributed by atoms with Crippen molar-refractivity contribution in [2.45, 2.75) is 122 Å². The van der Waals surface area contributed by atoms with Gasteiger partial charge in [0.1, 0.15) is 19.1 Å². The Kier molecular flexibility index (Phi) is 15.0. The zero-order valence-electron chi connectivity index (χ0n) is 31.7. The van der Waals surface area contributed by atoms with Crippen LogP contribution in [-0.4, -0.2) is 65.5 Å². The molecule has 2 rings (SSSR count). The summed E-state index contributed by atoms with van der Waals surface area (Å²) in [6.45, 7) is 19.2. The van der Waals surface area contributed by atoms with Gasteiger partial charge in [0, 0.05) is 12.5 Å². The number of alkyl halides is 6. The highest BCUT2D eigenvalue weighted by molar-refractivity contribution is 6.74. The average Bonchev–Trinajstić information content (AvgIpc) is 3.00. The lowest BCUT2D eigenvalue weighted by Crippen LogP contribution is -2.57. The monoisotopic (exact) mass is 748 g/mol. The predicted octanol–water partition coefficient (Wildman–Crippen LogP) is 10.6. The average molecular weight is 749 g/mol. The van der Waals surface area contributed by atoms with Crippen molar-refractivity contribution in [2.75, 3.05) is 27.1 Å². The molecule has 0 spiro atoms. The number of halogens is 6. The summed E-state index contributed by atoms with van der Waals surface area (Å²) in [4.78, 5) is 12.4. The minimum absolute atomic E-state index is 0.00235. The molecule has 51 heavy (non-hydrogen) atoms. The maximum absolute atomic E-state index is 13.8. The van der Waals surface area contributed by atoms with E-state index in [1.807, 2.05) is 39.0 Å². The Bertz CT molecular complexity index is 1460. The Balaban J connectivity index is 2.46. The van der Waals surface area contributed by atoms with Crippen LogP contribution in [-0.2, 0) is 28.8 Å². The third kappa shape index (κ3) is 10.4. The van der Waals surface area contributed by atoms with Crippen molar-refractivity contribution >= 4 is 20.4 Å². The molecule has 0 aliphatic rings. The van der Waals surface area contributed by atoms with Gasteiger partial charge in [-0.2, -0.15) is 26.3 Å². The molecule has 0 unspecified atom stereocenters. The topological polar surface area (TPSA) is 63.2 Å². The molecular formula is C38H54F6O6Si. The summed E-state index contributed by atoms with van der Waals surface area (Å²) < 4.78 is 110. The molecule has 13 heteroatoms. The Labute approximate surface area is 300 Å². The number of ether oxygens (including phenoxy) is 4. The molecule has 0 fully saturated rings. The number of hydrogen-bond acceptors (Lipinski definition) is 6. The second-order valence-corrected chi connectivity index (χ2v) is 19.0. The van der Waals surface area contributed by atoms with Crippen LogP contribution in [0.2, 0.25) is 18.1 Å². The first-order valence-electron chi connectivity index (χ1n) is 17.1. The van der Waals surface area contributed by atoms with E-state index in [0.29, 0.717) is 24.2 Å².